The minimum atomic E-state index is -1.03. The maximum absolute atomic E-state index is 11.0. The van der Waals surface area contributed by atoms with Crippen LogP contribution in [0.3, 0.4) is 0 Å². The third-order valence-electron chi connectivity index (χ3n) is 1.74. The molecule has 6 heteroatoms. The number of hydrogen-bond donors (Lipinski definition) is 2. The maximum atomic E-state index is 11.0. The zero-order valence-electron chi connectivity index (χ0n) is 8.00. The Morgan fingerprint density at radius 2 is 1.67 bits per heavy atom. The quantitative estimate of drug-likeness (QED) is 0.436. The number of carboxylic acid groups (broad SMARTS) is 1. The van der Waals surface area contributed by atoms with E-state index in [4.69, 9.17) is 5.11 Å². The summed E-state index contributed by atoms with van der Waals surface area (Å²) in [5.74, 6) is -1.20. The molecule has 0 unspecified atom stereocenters. The first kappa shape index (κ1) is 21.5. The Hall–Kier alpha value is 1.23. The molecule has 0 aromatic carbocycles. The van der Waals surface area contributed by atoms with Gasteiger partial charge in [0.15, 0.2) is 0 Å². The average molecular weight is 250 g/mol. The second-order valence-electron chi connectivity index (χ2n) is 3.01. The van der Waals surface area contributed by atoms with E-state index in [1.165, 1.54) is 0 Å². The predicted molar refractivity (Wildman–Crippen MR) is 68.1 cm³/mol. The Labute approximate surface area is 140 Å². The number of carbonyl (C=O) groups excluding carboxylic acids is 1. The number of hydrogen-bond acceptors (Lipinski definition) is 2. The summed E-state index contributed by atoms with van der Waals surface area (Å²) in [6.07, 6.45) is 0.405. The molecule has 0 spiro atoms. The molecule has 3 nitrogen and oxygen atoms in total. The van der Waals surface area contributed by atoms with Gasteiger partial charge in [0, 0.05) is 11.1 Å². The van der Waals surface area contributed by atoms with E-state index in [0.29, 0.717) is 12.0 Å². The van der Waals surface area contributed by atoms with Gasteiger partial charge in [-0.15, -0.1) is 12.6 Å². The molecule has 0 heterocycles. The van der Waals surface area contributed by atoms with Gasteiger partial charge in [0.1, 0.15) is 0 Å². The molecule has 0 aliphatic rings. The molecule has 0 aliphatic heterocycles. The Balaban J connectivity index is -0.000000720. The van der Waals surface area contributed by atoms with Gasteiger partial charge in [-0.2, -0.15) is 0 Å². The molecule has 15 heavy (non-hydrogen) atoms. The SMILES string of the molecule is CC/C(C(=O)S)=C(/C(=O)O)C(C)C.[NaH].[NaH]. The third kappa shape index (κ3) is 7.21. The zero-order valence-corrected chi connectivity index (χ0v) is 8.89. The van der Waals surface area contributed by atoms with Crippen LogP contribution in [0, 0.1) is 5.92 Å². The fourth-order valence-corrected chi connectivity index (χ4v) is 1.46. The molecular weight excluding hydrogens is 234 g/mol. The summed E-state index contributed by atoms with van der Waals surface area (Å²) in [5.41, 5.74) is 0.466. The molecule has 0 saturated carbocycles. The number of rotatable bonds is 4. The van der Waals surface area contributed by atoms with E-state index in [-0.39, 0.29) is 70.6 Å². The van der Waals surface area contributed by atoms with Crippen molar-refractivity contribution in [2.45, 2.75) is 27.2 Å². The van der Waals surface area contributed by atoms with Gasteiger partial charge in [0.05, 0.1) is 0 Å². The standard InChI is InChI=1S/C9H14O3S.2Na.2H/c1-4-6(9(12)13)7(5(2)3)8(10)11;;;;/h5H,4H2,1-3H3,(H,10,11)(H,12,13);;;;/b7-6-;;;;. The van der Waals surface area contributed by atoms with Crippen LogP contribution in [0.5, 0.6) is 0 Å². The van der Waals surface area contributed by atoms with Gasteiger partial charge in [-0.3, -0.25) is 4.79 Å². The van der Waals surface area contributed by atoms with Crippen molar-refractivity contribution in [3.05, 3.63) is 11.1 Å². The third-order valence-corrected chi connectivity index (χ3v) is 2.01. The summed E-state index contributed by atoms with van der Waals surface area (Å²) in [6.45, 7) is 5.24. The summed E-state index contributed by atoms with van der Waals surface area (Å²) in [4.78, 5) is 21.8. The molecule has 78 valence electrons. The first-order valence-electron chi connectivity index (χ1n) is 4.11. The Kier molecular flexibility index (Phi) is 14.9. The number of carbonyl (C=O) groups is 2. The first-order valence-corrected chi connectivity index (χ1v) is 4.56. The molecule has 0 aromatic rings. The van der Waals surface area contributed by atoms with Crippen molar-refractivity contribution >= 4 is 82.8 Å². The topological polar surface area (TPSA) is 54.4 Å². The summed E-state index contributed by atoms with van der Waals surface area (Å²) < 4.78 is 0. The van der Waals surface area contributed by atoms with Gasteiger partial charge < -0.3 is 5.11 Å². The van der Waals surface area contributed by atoms with E-state index >= 15 is 0 Å². The molecular formula is C9H16Na2O3S. The molecule has 0 radical (unpaired) electrons. The van der Waals surface area contributed by atoms with E-state index in [2.05, 4.69) is 12.6 Å². The van der Waals surface area contributed by atoms with Gasteiger partial charge in [-0.1, -0.05) is 20.8 Å². The zero-order chi connectivity index (χ0) is 10.6. The van der Waals surface area contributed by atoms with E-state index in [1.807, 2.05) is 0 Å². The molecule has 0 bridgehead atoms. The summed E-state index contributed by atoms with van der Waals surface area (Å²) in [5, 5.41) is 8.40. The molecule has 0 aliphatic carbocycles. The summed E-state index contributed by atoms with van der Waals surface area (Å²) in [7, 11) is 0. The Morgan fingerprint density at radius 1 is 1.27 bits per heavy atom. The van der Waals surface area contributed by atoms with Crippen LogP contribution in [0.4, 0.5) is 0 Å². The molecule has 0 aromatic heterocycles. The van der Waals surface area contributed by atoms with E-state index in [9.17, 15) is 9.59 Å². The van der Waals surface area contributed by atoms with Gasteiger partial charge in [0.25, 0.3) is 0 Å². The molecule has 0 saturated heterocycles. The fraction of sp³-hybridized carbons (Fsp3) is 0.556. The molecule has 0 amide bonds. The van der Waals surface area contributed by atoms with Crippen LogP contribution in [0.2, 0.25) is 0 Å². The van der Waals surface area contributed by atoms with Crippen molar-refractivity contribution < 1.29 is 14.7 Å². The van der Waals surface area contributed by atoms with Gasteiger partial charge in [-0.25, -0.2) is 4.79 Å². The molecule has 0 rings (SSSR count). The van der Waals surface area contributed by atoms with Crippen molar-refractivity contribution in [3.63, 3.8) is 0 Å². The van der Waals surface area contributed by atoms with Crippen molar-refractivity contribution in [1.82, 2.24) is 0 Å². The van der Waals surface area contributed by atoms with Gasteiger partial charge in [-0.05, 0) is 12.3 Å². The van der Waals surface area contributed by atoms with Gasteiger partial charge >= 0.3 is 65.1 Å². The van der Waals surface area contributed by atoms with Crippen LogP contribution in [-0.2, 0) is 9.59 Å². The van der Waals surface area contributed by atoms with E-state index in [0.717, 1.165) is 0 Å². The van der Waals surface area contributed by atoms with Crippen molar-refractivity contribution in [1.29, 1.82) is 0 Å². The Morgan fingerprint density at radius 3 is 1.73 bits per heavy atom. The van der Waals surface area contributed by atoms with Crippen LogP contribution in [-0.4, -0.2) is 75.3 Å². The van der Waals surface area contributed by atoms with E-state index in [1.54, 1.807) is 20.8 Å². The minimum absolute atomic E-state index is 0. The van der Waals surface area contributed by atoms with Crippen LogP contribution >= 0.6 is 12.6 Å². The van der Waals surface area contributed by atoms with Crippen molar-refractivity contribution in [2.24, 2.45) is 5.92 Å². The monoisotopic (exact) mass is 250 g/mol. The van der Waals surface area contributed by atoms with Crippen LogP contribution < -0.4 is 0 Å². The second kappa shape index (κ2) is 10.4. The number of thiol groups is 1. The Bertz CT molecular complexity index is 262. The van der Waals surface area contributed by atoms with Crippen molar-refractivity contribution in [3.8, 4) is 0 Å². The second-order valence-corrected chi connectivity index (χ2v) is 3.42. The number of aliphatic carboxylic acids is 1. The summed E-state index contributed by atoms with van der Waals surface area (Å²) >= 11 is 3.64. The van der Waals surface area contributed by atoms with Gasteiger partial charge in [0.2, 0.25) is 5.12 Å². The molecule has 0 atom stereocenters. The first-order chi connectivity index (χ1) is 5.91. The fourth-order valence-electron chi connectivity index (χ4n) is 1.18. The van der Waals surface area contributed by atoms with E-state index < -0.39 is 11.1 Å². The molecule has 0 fully saturated rings. The normalized spacial score (nSPS) is 11.0. The average Bonchev–Trinajstić information content (AvgIpc) is 1.97. The van der Waals surface area contributed by atoms with Crippen LogP contribution in [0.1, 0.15) is 27.2 Å². The van der Waals surface area contributed by atoms with Crippen LogP contribution in [0.15, 0.2) is 11.1 Å². The molecule has 1 N–H and O–H groups in total. The number of carboxylic acids is 1. The van der Waals surface area contributed by atoms with Crippen molar-refractivity contribution in [2.75, 3.05) is 0 Å². The summed E-state index contributed by atoms with van der Waals surface area (Å²) in [6, 6.07) is 0. The van der Waals surface area contributed by atoms with Crippen LogP contribution in [0.25, 0.3) is 0 Å². The predicted octanol–water partition coefficient (Wildman–Crippen LogP) is 0.593.